The lowest BCUT2D eigenvalue weighted by Crippen LogP contribution is -2.36. The lowest BCUT2D eigenvalue weighted by Gasteiger charge is -2.37. The number of nitrogens with one attached hydrogen (secondary N) is 1. The van der Waals surface area contributed by atoms with Crippen molar-refractivity contribution in [3.8, 4) is 5.75 Å². The van der Waals surface area contributed by atoms with Gasteiger partial charge in [-0.15, -0.1) is 11.3 Å². The van der Waals surface area contributed by atoms with E-state index in [1.54, 1.807) is 18.4 Å². The average molecular weight is 558 g/mol. The maximum atomic E-state index is 13.7. The van der Waals surface area contributed by atoms with Crippen LogP contribution in [-0.2, 0) is 19.1 Å². The molecule has 1 aromatic carbocycles. The zero-order valence-corrected chi connectivity index (χ0v) is 22.2. The molecule has 6 nitrogen and oxygen atoms in total. The molecular weight excluding hydrogens is 530 g/mol. The SMILES string of the molecule is COc1ccc(Br)cc1C1C(C(=O)OCC2CCCO2)=C(C)NC2=C1C(=O)CC(c1cccs1)C2. The highest BCUT2D eigenvalue weighted by Gasteiger charge is 2.42. The van der Waals surface area contributed by atoms with Crippen molar-refractivity contribution >= 4 is 39.0 Å². The topological polar surface area (TPSA) is 73.9 Å². The molecule has 2 aliphatic heterocycles. The fraction of sp³-hybridized carbons (Fsp3) is 0.407. The summed E-state index contributed by atoms with van der Waals surface area (Å²) in [5.74, 6) is -0.220. The van der Waals surface area contributed by atoms with E-state index in [0.29, 0.717) is 42.0 Å². The van der Waals surface area contributed by atoms with Gasteiger partial charge in [-0.1, -0.05) is 22.0 Å². The smallest absolute Gasteiger partial charge is 0.336 e. The Kier molecular flexibility index (Phi) is 7.14. The third kappa shape index (κ3) is 4.84. The molecule has 1 saturated heterocycles. The number of benzene rings is 1. The van der Waals surface area contributed by atoms with Crippen LogP contribution in [0.4, 0.5) is 0 Å². The summed E-state index contributed by atoms with van der Waals surface area (Å²) in [7, 11) is 1.60. The minimum Gasteiger partial charge on any atom is -0.496 e. The minimum absolute atomic E-state index is 0.0427. The molecule has 1 aromatic heterocycles. The molecule has 0 bridgehead atoms. The summed E-state index contributed by atoms with van der Waals surface area (Å²) >= 11 is 5.23. The highest BCUT2D eigenvalue weighted by atomic mass is 79.9. The molecule has 0 radical (unpaired) electrons. The van der Waals surface area contributed by atoms with Crippen LogP contribution in [0.2, 0.25) is 0 Å². The van der Waals surface area contributed by atoms with E-state index in [1.165, 1.54) is 4.88 Å². The number of rotatable bonds is 6. The zero-order chi connectivity index (χ0) is 24.5. The average Bonchev–Trinajstić information content (AvgIpc) is 3.56. The van der Waals surface area contributed by atoms with Gasteiger partial charge in [-0.05, 0) is 55.8 Å². The molecule has 3 atom stereocenters. The second-order valence-electron chi connectivity index (χ2n) is 9.15. The van der Waals surface area contributed by atoms with Crippen molar-refractivity contribution in [3.05, 3.63) is 73.2 Å². The molecule has 0 saturated carbocycles. The van der Waals surface area contributed by atoms with E-state index in [-0.39, 0.29) is 24.4 Å². The normalized spacial score (nSPS) is 24.3. The van der Waals surface area contributed by atoms with Crippen molar-refractivity contribution in [2.75, 3.05) is 20.3 Å². The molecule has 3 aliphatic rings. The molecule has 5 rings (SSSR count). The summed E-state index contributed by atoms with van der Waals surface area (Å²) in [6.07, 6.45) is 2.90. The number of hydrogen-bond donors (Lipinski definition) is 1. The van der Waals surface area contributed by atoms with Crippen molar-refractivity contribution in [2.24, 2.45) is 0 Å². The number of allylic oxidation sites excluding steroid dienone is 3. The summed E-state index contributed by atoms with van der Waals surface area (Å²) in [5.41, 5.74) is 3.42. The molecular formula is C27H28BrNO5S. The van der Waals surface area contributed by atoms with Crippen LogP contribution in [0.5, 0.6) is 5.75 Å². The van der Waals surface area contributed by atoms with Crippen LogP contribution in [0.3, 0.4) is 0 Å². The van der Waals surface area contributed by atoms with Crippen LogP contribution < -0.4 is 10.1 Å². The Morgan fingerprint density at radius 3 is 2.86 bits per heavy atom. The first-order chi connectivity index (χ1) is 17.0. The second-order valence-corrected chi connectivity index (χ2v) is 11.0. The lowest BCUT2D eigenvalue weighted by molar-refractivity contribution is -0.142. The third-order valence-corrected chi connectivity index (χ3v) is 8.45. The fourth-order valence-corrected chi connectivity index (χ4v) is 6.51. The Morgan fingerprint density at radius 2 is 2.14 bits per heavy atom. The molecule has 184 valence electrons. The highest BCUT2D eigenvalue weighted by molar-refractivity contribution is 9.10. The van der Waals surface area contributed by atoms with Crippen molar-refractivity contribution < 1.29 is 23.8 Å². The van der Waals surface area contributed by atoms with Crippen molar-refractivity contribution in [2.45, 2.75) is 50.5 Å². The predicted molar refractivity (Wildman–Crippen MR) is 138 cm³/mol. The van der Waals surface area contributed by atoms with E-state index in [9.17, 15) is 9.59 Å². The number of ether oxygens (including phenoxy) is 3. The Balaban J connectivity index is 1.56. The van der Waals surface area contributed by atoms with Crippen molar-refractivity contribution in [1.82, 2.24) is 5.32 Å². The van der Waals surface area contributed by atoms with Gasteiger partial charge in [-0.25, -0.2) is 4.79 Å². The first-order valence-corrected chi connectivity index (χ1v) is 13.5. The molecule has 1 fully saturated rings. The Morgan fingerprint density at radius 1 is 1.29 bits per heavy atom. The molecule has 35 heavy (non-hydrogen) atoms. The molecule has 3 unspecified atom stereocenters. The first-order valence-electron chi connectivity index (χ1n) is 11.9. The number of esters is 1. The highest BCUT2D eigenvalue weighted by Crippen LogP contribution is 2.48. The summed E-state index contributed by atoms with van der Waals surface area (Å²) in [6, 6.07) is 9.78. The molecule has 3 heterocycles. The number of methoxy groups -OCH3 is 1. The summed E-state index contributed by atoms with van der Waals surface area (Å²) in [4.78, 5) is 28.4. The molecule has 1 aliphatic carbocycles. The summed E-state index contributed by atoms with van der Waals surface area (Å²) < 4.78 is 17.9. The van der Waals surface area contributed by atoms with Gasteiger partial charge >= 0.3 is 5.97 Å². The zero-order valence-electron chi connectivity index (χ0n) is 19.8. The van der Waals surface area contributed by atoms with Crippen LogP contribution in [0, 0.1) is 0 Å². The van der Waals surface area contributed by atoms with Crippen molar-refractivity contribution in [3.63, 3.8) is 0 Å². The molecule has 0 amide bonds. The maximum Gasteiger partial charge on any atom is 0.336 e. The minimum atomic E-state index is -0.576. The van der Waals surface area contributed by atoms with Crippen LogP contribution in [-0.4, -0.2) is 38.2 Å². The van der Waals surface area contributed by atoms with Gasteiger partial charge < -0.3 is 19.5 Å². The number of Topliss-reactive ketones (excluding diaryl/α,β-unsaturated/α-hetero) is 1. The van der Waals surface area contributed by atoms with Gasteiger partial charge in [0, 0.05) is 50.8 Å². The number of thiophene rings is 1. The Bertz CT molecular complexity index is 1200. The second kappa shape index (κ2) is 10.3. The van der Waals surface area contributed by atoms with Gasteiger partial charge in [0.25, 0.3) is 0 Å². The Labute approximate surface area is 217 Å². The number of carbonyl (C=O) groups excluding carboxylic acids is 2. The van der Waals surface area contributed by atoms with Gasteiger partial charge in [0.05, 0.1) is 24.7 Å². The fourth-order valence-electron chi connectivity index (χ4n) is 5.30. The number of carbonyl (C=O) groups is 2. The van der Waals surface area contributed by atoms with Crippen molar-refractivity contribution in [1.29, 1.82) is 0 Å². The third-order valence-electron chi connectivity index (χ3n) is 6.92. The number of hydrogen-bond acceptors (Lipinski definition) is 7. The van der Waals surface area contributed by atoms with Gasteiger partial charge in [-0.2, -0.15) is 0 Å². The number of halogens is 1. The number of ketones is 1. The van der Waals surface area contributed by atoms with E-state index in [1.807, 2.05) is 36.6 Å². The van der Waals surface area contributed by atoms with Gasteiger partial charge in [0.2, 0.25) is 0 Å². The Hall–Kier alpha value is -2.42. The van der Waals surface area contributed by atoms with Gasteiger partial charge in [0.15, 0.2) is 5.78 Å². The number of dihydropyridines is 1. The monoisotopic (exact) mass is 557 g/mol. The first kappa shape index (κ1) is 24.3. The van der Waals surface area contributed by atoms with E-state index >= 15 is 0 Å². The summed E-state index contributed by atoms with van der Waals surface area (Å²) in [5, 5.41) is 5.45. The van der Waals surface area contributed by atoms with E-state index in [2.05, 4.69) is 27.3 Å². The predicted octanol–water partition coefficient (Wildman–Crippen LogP) is 5.60. The summed E-state index contributed by atoms with van der Waals surface area (Å²) in [6.45, 7) is 2.78. The quantitative estimate of drug-likeness (QED) is 0.466. The van der Waals surface area contributed by atoms with E-state index in [4.69, 9.17) is 14.2 Å². The van der Waals surface area contributed by atoms with Gasteiger partial charge in [0.1, 0.15) is 12.4 Å². The van der Waals surface area contributed by atoms with Gasteiger partial charge in [-0.3, -0.25) is 4.79 Å². The molecule has 1 N–H and O–H groups in total. The lowest BCUT2D eigenvalue weighted by atomic mass is 9.72. The van der Waals surface area contributed by atoms with Crippen LogP contribution in [0.1, 0.15) is 54.9 Å². The maximum absolute atomic E-state index is 13.7. The van der Waals surface area contributed by atoms with E-state index < -0.39 is 11.9 Å². The standard InChI is InChI=1S/C27H28BrNO5S/c1-15-24(27(31)34-14-18-5-3-9-33-18)25(19-13-17(28)7-8-22(19)32-2)26-20(29-15)11-16(12-21(26)30)23-6-4-10-35-23/h4,6-8,10,13,16,18,25,29H,3,5,9,11-12,14H2,1-2H3. The van der Waals surface area contributed by atoms with E-state index in [0.717, 1.165) is 28.6 Å². The molecule has 0 spiro atoms. The van der Waals surface area contributed by atoms with Crippen LogP contribution in [0.15, 0.2) is 62.7 Å². The largest absolute Gasteiger partial charge is 0.496 e. The van der Waals surface area contributed by atoms with Crippen LogP contribution >= 0.6 is 27.3 Å². The van der Waals surface area contributed by atoms with Crippen LogP contribution in [0.25, 0.3) is 0 Å². The molecule has 2 aromatic rings. The molecule has 8 heteroatoms.